The first-order valence-electron chi connectivity index (χ1n) is 6.32. The summed E-state index contributed by atoms with van der Waals surface area (Å²) in [6, 6.07) is 2.06. The molecule has 4 heteroatoms. The highest BCUT2D eigenvalue weighted by Crippen LogP contribution is 2.23. The molecule has 0 saturated carbocycles. The minimum atomic E-state index is 0.215. The Morgan fingerprint density at radius 2 is 2.24 bits per heavy atom. The third-order valence-corrected chi connectivity index (χ3v) is 4.50. The largest absolute Gasteiger partial charge is 0.338 e. The van der Waals surface area contributed by atoms with Crippen molar-refractivity contribution in [3.63, 3.8) is 0 Å². The number of thiophene rings is 1. The van der Waals surface area contributed by atoms with Gasteiger partial charge in [0.05, 0.1) is 4.88 Å². The van der Waals surface area contributed by atoms with Gasteiger partial charge >= 0.3 is 0 Å². The molecule has 1 aliphatic heterocycles. The van der Waals surface area contributed by atoms with Gasteiger partial charge in [-0.05, 0) is 48.7 Å². The molecule has 94 valence electrons. The molecule has 0 aromatic carbocycles. The predicted octanol–water partition coefficient (Wildman–Crippen LogP) is 2.12. The fraction of sp³-hybridized carbons (Fsp3) is 0.615. The molecule has 0 spiro atoms. The van der Waals surface area contributed by atoms with Crippen molar-refractivity contribution < 1.29 is 4.79 Å². The Bertz CT molecular complexity index is 381. The van der Waals surface area contributed by atoms with Gasteiger partial charge in [0, 0.05) is 13.1 Å². The van der Waals surface area contributed by atoms with Gasteiger partial charge in [0.15, 0.2) is 0 Å². The quantitative estimate of drug-likeness (QED) is 0.895. The van der Waals surface area contributed by atoms with Gasteiger partial charge < -0.3 is 10.6 Å². The molecular formula is C13H20N2OS. The maximum absolute atomic E-state index is 12.3. The van der Waals surface area contributed by atoms with E-state index < -0.39 is 0 Å². The van der Waals surface area contributed by atoms with Crippen LogP contribution in [-0.4, -0.2) is 30.4 Å². The Morgan fingerprint density at radius 1 is 1.53 bits per heavy atom. The molecule has 2 heterocycles. The van der Waals surface area contributed by atoms with E-state index in [-0.39, 0.29) is 5.91 Å². The van der Waals surface area contributed by atoms with Crippen molar-refractivity contribution in [2.45, 2.75) is 26.2 Å². The van der Waals surface area contributed by atoms with Crippen LogP contribution in [0, 0.1) is 5.92 Å². The molecule has 0 atom stereocenters. The van der Waals surface area contributed by atoms with E-state index in [2.05, 4.69) is 13.0 Å². The molecule has 0 radical (unpaired) electrons. The molecule has 2 rings (SSSR count). The molecule has 0 bridgehead atoms. The maximum atomic E-state index is 12.3. The summed E-state index contributed by atoms with van der Waals surface area (Å²) in [6.07, 6.45) is 3.04. The van der Waals surface area contributed by atoms with Gasteiger partial charge in [0.25, 0.3) is 5.91 Å². The molecule has 17 heavy (non-hydrogen) atoms. The van der Waals surface area contributed by atoms with E-state index >= 15 is 0 Å². The van der Waals surface area contributed by atoms with E-state index in [1.54, 1.807) is 11.3 Å². The first kappa shape index (κ1) is 12.6. The number of amides is 1. The molecule has 0 aliphatic carbocycles. The molecule has 1 aromatic heterocycles. The number of piperidine rings is 1. The van der Waals surface area contributed by atoms with E-state index in [9.17, 15) is 4.79 Å². The van der Waals surface area contributed by atoms with Gasteiger partial charge in [0.2, 0.25) is 0 Å². The number of aryl methyl sites for hydroxylation is 1. The molecule has 1 fully saturated rings. The summed E-state index contributed by atoms with van der Waals surface area (Å²) in [5, 5.41) is 2.01. The zero-order valence-electron chi connectivity index (χ0n) is 10.3. The summed E-state index contributed by atoms with van der Waals surface area (Å²) in [4.78, 5) is 15.3. The van der Waals surface area contributed by atoms with Crippen molar-refractivity contribution >= 4 is 17.2 Å². The van der Waals surface area contributed by atoms with E-state index in [4.69, 9.17) is 5.73 Å². The fourth-order valence-electron chi connectivity index (χ4n) is 2.32. The highest BCUT2D eigenvalue weighted by atomic mass is 32.1. The van der Waals surface area contributed by atoms with E-state index in [1.807, 2.05) is 10.3 Å². The van der Waals surface area contributed by atoms with Crippen molar-refractivity contribution in [1.29, 1.82) is 0 Å². The first-order chi connectivity index (χ1) is 8.26. The summed E-state index contributed by atoms with van der Waals surface area (Å²) >= 11 is 1.57. The standard InChI is InChI=1S/C13H20N2OS/c1-2-11-5-8-17-12(11)13(16)15-6-3-10(9-14)4-7-15/h5,8,10H,2-4,6-7,9,14H2,1H3. The number of nitrogens with two attached hydrogens (primary N) is 1. The smallest absolute Gasteiger partial charge is 0.264 e. The monoisotopic (exact) mass is 252 g/mol. The van der Waals surface area contributed by atoms with E-state index in [1.165, 1.54) is 5.56 Å². The van der Waals surface area contributed by atoms with Gasteiger partial charge in [-0.15, -0.1) is 11.3 Å². The van der Waals surface area contributed by atoms with Crippen LogP contribution in [0.1, 0.15) is 35.0 Å². The maximum Gasteiger partial charge on any atom is 0.264 e. The Balaban J connectivity index is 2.02. The van der Waals surface area contributed by atoms with Gasteiger partial charge in [-0.1, -0.05) is 6.92 Å². The normalized spacial score (nSPS) is 17.4. The molecule has 1 aromatic rings. The van der Waals surface area contributed by atoms with E-state index in [0.717, 1.165) is 43.8 Å². The van der Waals surface area contributed by atoms with Crippen LogP contribution in [0.4, 0.5) is 0 Å². The lowest BCUT2D eigenvalue weighted by molar-refractivity contribution is 0.0697. The van der Waals surface area contributed by atoms with Crippen molar-refractivity contribution in [3.05, 3.63) is 21.9 Å². The van der Waals surface area contributed by atoms with Gasteiger partial charge in [0.1, 0.15) is 0 Å². The number of likely N-dealkylation sites (tertiary alicyclic amines) is 1. The molecule has 1 saturated heterocycles. The predicted molar refractivity (Wildman–Crippen MR) is 71.4 cm³/mol. The van der Waals surface area contributed by atoms with Crippen LogP contribution >= 0.6 is 11.3 Å². The summed E-state index contributed by atoms with van der Waals surface area (Å²) in [6.45, 7) is 4.57. The van der Waals surface area contributed by atoms with Gasteiger partial charge in [-0.2, -0.15) is 0 Å². The summed E-state index contributed by atoms with van der Waals surface area (Å²) in [5.41, 5.74) is 6.85. The average Bonchev–Trinajstić information content (AvgIpc) is 2.86. The minimum Gasteiger partial charge on any atom is -0.338 e. The third-order valence-electron chi connectivity index (χ3n) is 3.56. The highest BCUT2D eigenvalue weighted by molar-refractivity contribution is 7.12. The van der Waals surface area contributed by atoms with Crippen LogP contribution in [0.3, 0.4) is 0 Å². The molecule has 2 N–H and O–H groups in total. The number of carbonyl (C=O) groups is 1. The van der Waals surface area contributed by atoms with Crippen LogP contribution in [-0.2, 0) is 6.42 Å². The number of rotatable bonds is 3. The summed E-state index contributed by atoms with van der Waals surface area (Å²) in [7, 11) is 0. The second-order valence-electron chi connectivity index (χ2n) is 4.60. The van der Waals surface area contributed by atoms with Crippen molar-refractivity contribution in [1.82, 2.24) is 4.90 Å². The number of carbonyl (C=O) groups excluding carboxylic acids is 1. The Morgan fingerprint density at radius 3 is 2.82 bits per heavy atom. The second kappa shape index (κ2) is 5.65. The SMILES string of the molecule is CCc1ccsc1C(=O)N1CCC(CN)CC1. The van der Waals surface area contributed by atoms with Crippen LogP contribution in [0.2, 0.25) is 0 Å². The molecule has 1 amide bonds. The number of hydrogen-bond donors (Lipinski definition) is 1. The second-order valence-corrected chi connectivity index (χ2v) is 5.52. The Kier molecular flexibility index (Phi) is 4.18. The molecule has 3 nitrogen and oxygen atoms in total. The zero-order chi connectivity index (χ0) is 12.3. The number of nitrogens with zero attached hydrogens (tertiary/aromatic N) is 1. The van der Waals surface area contributed by atoms with Crippen molar-refractivity contribution in [2.24, 2.45) is 11.7 Å². The summed E-state index contributed by atoms with van der Waals surface area (Å²) < 4.78 is 0. The average molecular weight is 252 g/mol. The lowest BCUT2D eigenvalue weighted by atomic mass is 9.97. The number of hydrogen-bond acceptors (Lipinski definition) is 3. The minimum absolute atomic E-state index is 0.215. The van der Waals surface area contributed by atoms with Crippen molar-refractivity contribution in [3.8, 4) is 0 Å². The Hall–Kier alpha value is -0.870. The van der Waals surface area contributed by atoms with Crippen LogP contribution in [0.15, 0.2) is 11.4 Å². The summed E-state index contributed by atoms with van der Waals surface area (Å²) in [5.74, 6) is 0.820. The highest BCUT2D eigenvalue weighted by Gasteiger charge is 2.24. The zero-order valence-corrected chi connectivity index (χ0v) is 11.1. The van der Waals surface area contributed by atoms with Crippen LogP contribution in [0.25, 0.3) is 0 Å². The van der Waals surface area contributed by atoms with E-state index in [0.29, 0.717) is 5.92 Å². The first-order valence-corrected chi connectivity index (χ1v) is 7.20. The third kappa shape index (κ3) is 2.69. The lowest BCUT2D eigenvalue weighted by Gasteiger charge is -2.31. The lowest BCUT2D eigenvalue weighted by Crippen LogP contribution is -2.40. The molecule has 1 aliphatic rings. The topological polar surface area (TPSA) is 46.3 Å². The fourth-order valence-corrected chi connectivity index (χ4v) is 3.28. The van der Waals surface area contributed by atoms with Crippen molar-refractivity contribution in [2.75, 3.05) is 19.6 Å². The Labute approximate surface area is 107 Å². The van der Waals surface area contributed by atoms with Gasteiger partial charge in [-0.25, -0.2) is 0 Å². The van der Waals surface area contributed by atoms with Crippen LogP contribution in [0.5, 0.6) is 0 Å². The van der Waals surface area contributed by atoms with Gasteiger partial charge in [-0.3, -0.25) is 4.79 Å². The van der Waals surface area contributed by atoms with Crippen LogP contribution < -0.4 is 5.73 Å². The molecule has 0 unspecified atom stereocenters. The molecular weight excluding hydrogens is 232 g/mol.